The number of nitrogens with one attached hydrogen (secondary N) is 1. The van der Waals surface area contributed by atoms with E-state index in [1.54, 1.807) is 14.2 Å². The summed E-state index contributed by atoms with van der Waals surface area (Å²) in [4.78, 5) is 2.48. The molecule has 21 heavy (non-hydrogen) atoms. The molecule has 0 amide bonds. The second-order valence-electron chi connectivity index (χ2n) is 5.75. The summed E-state index contributed by atoms with van der Waals surface area (Å²) in [6.45, 7) is 11.7. The number of hydrogen-bond donors (Lipinski definition) is 1. The second kappa shape index (κ2) is 8.90. The molecule has 0 fully saturated rings. The van der Waals surface area contributed by atoms with E-state index in [0.29, 0.717) is 12.1 Å². The molecule has 1 aromatic carbocycles. The van der Waals surface area contributed by atoms with Gasteiger partial charge in [0.15, 0.2) is 11.5 Å². The molecule has 0 aliphatic carbocycles. The maximum absolute atomic E-state index is 5.45. The fraction of sp³-hybridized carbons (Fsp3) is 0.647. The van der Waals surface area contributed by atoms with Crippen molar-refractivity contribution < 1.29 is 9.47 Å². The predicted octanol–water partition coefficient (Wildman–Crippen LogP) is 2.91. The van der Waals surface area contributed by atoms with Crippen molar-refractivity contribution in [3.8, 4) is 11.5 Å². The van der Waals surface area contributed by atoms with Crippen molar-refractivity contribution in [3.63, 3.8) is 0 Å². The van der Waals surface area contributed by atoms with Crippen molar-refractivity contribution >= 4 is 0 Å². The molecule has 0 aromatic heterocycles. The summed E-state index contributed by atoms with van der Waals surface area (Å²) in [5.41, 5.74) is 1.12. The van der Waals surface area contributed by atoms with Crippen LogP contribution in [0.1, 0.15) is 33.3 Å². The van der Waals surface area contributed by atoms with Gasteiger partial charge in [-0.1, -0.05) is 12.1 Å². The van der Waals surface area contributed by atoms with E-state index < -0.39 is 0 Å². The number of para-hydroxylation sites is 1. The molecule has 0 radical (unpaired) electrons. The van der Waals surface area contributed by atoms with Gasteiger partial charge in [0.2, 0.25) is 0 Å². The minimum atomic E-state index is 0.568. The average molecular weight is 294 g/mol. The zero-order valence-corrected chi connectivity index (χ0v) is 14.3. The van der Waals surface area contributed by atoms with Gasteiger partial charge in [-0.2, -0.15) is 0 Å². The van der Waals surface area contributed by atoms with Crippen molar-refractivity contribution in [1.29, 1.82) is 0 Å². The molecule has 0 heterocycles. The number of methoxy groups -OCH3 is 2. The standard InChI is InChI=1S/C17H30N2O2/c1-13(2)19(14(3)4)11-10-18-12-15-8-7-9-16(20-5)17(15)21-6/h7-9,13-14,18H,10-12H2,1-6H3. The maximum Gasteiger partial charge on any atom is 0.165 e. The fourth-order valence-electron chi connectivity index (χ4n) is 2.64. The molecule has 120 valence electrons. The first kappa shape index (κ1) is 17.8. The molecule has 0 atom stereocenters. The summed E-state index contributed by atoms with van der Waals surface area (Å²) < 4.78 is 10.8. The Bertz CT molecular complexity index is 411. The highest BCUT2D eigenvalue weighted by molar-refractivity contribution is 5.46. The molecular weight excluding hydrogens is 264 g/mol. The van der Waals surface area contributed by atoms with Crippen LogP contribution in [0.15, 0.2) is 18.2 Å². The molecule has 0 aliphatic rings. The number of benzene rings is 1. The van der Waals surface area contributed by atoms with E-state index in [1.165, 1.54) is 0 Å². The molecule has 0 aliphatic heterocycles. The number of hydrogen-bond acceptors (Lipinski definition) is 4. The Morgan fingerprint density at radius 3 is 2.24 bits per heavy atom. The largest absolute Gasteiger partial charge is 0.493 e. The highest BCUT2D eigenvalue weighted by Gasteiger charge is 2.13. The third kappa shape index (κ3) is 5.21. The van der Waals surface area contributed by atoms with E-state index >= 15 is 0 Å². The Kier molecular flexibility index (Phi) is 7.54. The Balaban J connectivity index is 2.53. The van der Waals surface area contributed by atoms with Crippen molar-refractivity contribution in [1.82, 2.24) is 10.2 Å². The van der Waals surface area contributed by atoms with Gasteiger partial charge in [0.1, 0.15) is 0 Å². The van der Waals surface area contributed by atoms with E-state index in [9.17, 15) is 0 Å². The average Bonchev–Trinajstić information content (AvgIpc) is 2.45. The van der Waals surface area contributed by atoms with Gasteiger partial charge in [-0.15, -0.1) is 0 Å². The quantitative estimate of drug-likeness (QED) is 0.710. The van der Waals surface area contributed by atoms with Gasteiger partial charge in [0, 0.05) is 37.3 Å². The smallest absolute Gasteiger partial charge is 0.165 e. The van der Waals surface area contributed by atoms with Crippen LogP contribution in [0.3, 0.4) is 0 Å². The molecule has 0 spiro atoms. The van der Waals surface area contributed by atoms with E-state index in [1.807, 2.05) is 12.1 Å². The van der Waals surface area contributed by atoms with Crippen molar-refractivity contribution in [3.05, 3.63) is 23.8 Å². The van der Waals surface area contributed by atoms with E-state index in [2.05, 4.69) is 44.0 Å². The Morgan fingerprint density at radius 1 is 1.05 bits per heavy atom. The lowest BCUT2D eigenvalue weighted by molar-refractivity contribution is 0.175. The maximum atomic E-state index is 5.45. The number of nitrogens with zero attached hydrogens (tertiary/aromatic N) is 1. The molecule has 1 aromatic rings. The van der Waals surface area contributed by atoms with Crippen LogP contribution in [0.4, 0.5) is 0 Å². The van der Waals surface area contributed by atoms with E-state index in [0.717, 1.165) is 36.7 Å². The van der Waals surface area contributed by atoms with Gasteiger partial charge in [0.25, 0.3) is 0 Å². The molecule has 4 heteroatoms. The zero-order chi connectivity index (χ0) is 15.8. The Hall–Kier alpha value is -1.26. The summed E-state index contributed by atoms with van der Waals surface area (Å²) >= 11 is 0. The second-order valence-corrected chi connectivity index (χ2v) is 5.75. The fourth-order valence-corrected chi connectivity index (χ4v) is 2.64. The zero-order valence-electron chi connectivity index (χ0n) is 14.3. The van der Waals surface area contributed by atoms with Crippen LogP contribution < -0.4 is 14.8 Å². The van der Waals surface area contributed by atoms with Crippen molar-refractivity contribution in [2.24, 2.45) is 0 Å². The summed E-state index contributed by atoms with van der Waals surface area (Å²) in [5.74, 6) is 1.60. The lowest BCUT2D eigenvalue weighted by atomic mass is 10.2. The lowest BCUT2D eigenvalue weighted by Gasteiger charge is -2.30. The minimum absolute atomic E-state index is 0.568. The first-order valence-electron chi connectivity index (χ1n) is 7.67. The normalized spacial score (nSPS) is 11.5. The predicted molar refractivity (Wildman–Crippen MR) is 88.2 cm³/mol. The van der Waals surface area contributed by atoms with Crippen LogP contribution in [0, 0.1) is 0 Å². The topological polar surface area (TPSA) is 33.7 Å². The van der Waals surface area contributed by atoms with Gasteiger partial charge >= 0.3 is 0 Å². The van der Waals surface area contributed by atoms with Gasteiger partial charge in [-0.25, -0.2) is 0 Å². The third-order valence-corrected chi connectivity index (χ3v) is 3.67. The molecule has 1 N–H and O–H groups in total. The third-order valence-electron chi connectivity index (χ3n) is 3.67. The Labute approximate surface area is 129 Å². The minimum Gasteiger partial charge on any atom is -0.493 e. The van der Waals surface area contributed by atoms with Gasteiger partial charge < -0.3 is 14.8 Å². The summed E-state index contributed by atoms with van der Waals surface area (Å²) in [7, 11) is 3.35. The van der Waals surface area contributed by atoms with Crippen molar-refractivity contribution in [2.45, 2.75) is 46.3 Å². The van der Waals surface area contributed by atoms with Crippen LogP contribution in [0.25, 0.3) is 0 Å². The highest BCUT2D eigenvalue weighted by Crippen LogP contribution is 2.30. The van der Waals surface area contributed by atoms with E-state index in [4.69, 9.17) is 9.47 Å². The molecule has 1 rings (SSSR count). The monoisotopic (exact) mass is 294 g/mol. The summed E-state index contributed by atoms with van der Waals surface area (Å²) in [6.07, 6.45) is 0. The summed E-state index contributed by atoms with van der Waals surface area (Å²) in [6, 6.07) is 7.11. The Morgan fingerprint density at radius 2 is 1.71 bits per heavy atom. The van der Waals surface area contributed by atoms with Crippen LogP contribution in [0.5, 0.6) is 11.5 Å². The summed E-state index contributed by atoms with van der Waals surface area (Å²) in [5, 5.41) is 3.49. The molecular formula is C17H30N2O2. The molecule has 0 unspecified atom stereocenters. The van der Waals surface area contributed by atoms with Gasteiger partial charge in [0.05, 0.1) is 14.2 Å². The number of rotatable bonds is 9. The molecule has 0 saturated heterocycles. The molecule has 4 nitrogen and oxygen atoms in total. The van der Waals surface area contributed by atoms with Crippen LogP contribution in [-0.4, -0.2) is 44.3 Å². The van der Waals surface area contributed by atoms with Crippen molar-refractivity contribution in [2.75, 3.05) is 27.3 Å². The van der Waals surface area contributed by atoms with Crippen LogP contribution in [0.2, 0.25) is 0 Å². The van der Waals surface area contributed by atoms with Crippen LogP contribution >= 0.6 is 0 Å². The highest BCUT2D eigenvalue weighted by atomic mass is 16.5. The first-order chi connectivity index (χ1) is 10.0. The van der Waals surface area contributed by atoms with E-state index in [-0.39, 0.29) is 0 Å². The first-order valence-corrected chi connectivity index (χ1v) is 7.67. The van der Waals surface area contributed by atoms with Crippen LogP contribution in [-0.2, 0) is 6.54 Å². The van der Waals surface area contributed by atoms with Gasteiger partial charge in [-0.3, -0.25) is 4.90 Å². The lowest BCUT2D eigenvalue weighted by Crippen LogP contribution is -2.41. The number of ether oxygens (including phenoxy) is 2. The van der Waals surface area contributed by atoms with Gasteiger partial charge in [-0.05, 0) is 33.8 Å². The SMILES string of the molecule is COc1cccc(CNCCN(C(C)C)C(C)C)c1OC. The molecule has 0 saturated carbocycles. The molecule has 0 bridgehead atoms.